The van der Waals surface area contributed by atoms with Gasteiger partial charge >= 0.3 is 0 Å². The van der Waals surface area contributed by atoms with Crippen LogP contribution in [-0.4, -0.2) is 42.3 Å². The van der Waals surface area contributed by atoms with Crippen LogP contribution in [0.1, 0.15) is 19.8 Å². The maximum absolute atomic E-state index is 12.0. The highest BCUT2D eigenvalue weighted by Crippen LogP contribution is 2.29. The fourth-order valence-corrected chi connectivity index (χ4v) is 2.93. The highest BCUT2D eigenvalue weighted by molar-refractivity contribution is 6.02. The second kappa shape index (κ2) is 5.79. The molecule has 1 N–H and O–H groups in total. The van der Waals surface area contributed by atoms with Gasteiger partial charge in [0.25, 0.3) is 0 Å². The molecule has 1 aromatic carbocycles. The number of nitrogens with one attached hydrogen (secondary N) is 1. The van der Waals surface area contributed by atoms with Gasteiger partial charge in [0, 0.05) is 32.5 Å². The topological polar surface area (TPSA) is 69.7 Å². The van der Waals surface area contributed by atoms with Crippen molar-refractivity contribution >= 4 is 29.1 Å². The molecular formula is C16H19N3O3. The molecule has 0 saturated carbocycles. The van der Waals surface area contributed by atoms with Gasteiger partial charge in [0.05, 0.1) is 17.3 Å². The van der Waals surface area contributed by atoms with Gasteiger partial charge < -0.3 is 10.2 Å². The van der Waals surface area contributed by atoms with Gasteiger partial charge in [0.1, 0.15) is 0 Å². The molecule has 2 aliphatic rings. The van der Waals surface area contributed by atoms with E-state index in [9.17, 15) is 14.4 Å². The maximum Gasteiger partial charge on any atom is 0.229 e. The van der Waals surface area contributed by atoms with Crippen LogP contribution in [0.2, 0.25) is 0 Å². The number of imide groups is 1. The number of anilines is 2. The monoisotopic (exact) mass is 301 g/mol. The molecular weight excluding hydrogens is 282 g/mol. The highest BCUT2D eigenvalue weighted by Gasteiger charge is 2.30. The van der Waals surface area contributed by atoms with Crippen molar-refractivity contribution in [3.8, 4) is 0 Å². The molecule has 0 aromatic heterocycles. The summed E-state index contributed by atoms with van der Waals surface area (Å²) in [6, 6.07) is 7.60. The number of benzene rings is 1. The number of carbonyl (C=O) groups is 3. The first-order chi connectivity index (χ1) is 10.6. The van der Waals surface area contributed by atoms with Crippen molar-refractivity contribution in [2.45, 2.75) is 19.8 Å². The van der Waals surface area contributed by atoms with Crippen molar-refractivity contribution in [2.24, 2.45) is 5.92 Å². The molecule has 0 aliphatic carbocycles. The number of hydrogen-bond donors (Lipinski definition) is 1. The largest absolute Gasteiger partial charge is 0.367 e. The molecule has 6 nitrogen and oxygen atoms in total. The number of likely N-dealkylation sites (tertiary alicyclic amines) is 1. The second-order valence-electron chi connectivity index (χ2n) is 5.79. The fraction of sp³-hybridized carbons (Fsp3) is 0.438. The Bertz CT molecular complexity index is 613. The quantitative estimate of drug-likeness (QED) is 0.853. The summed E-state index contributed by atoms with van der Waals surface area (Å²) >= 11 is 0. The van der Waals surface area contributed by atoms with Gasteiger partial charge in [0.2, 0.25) is 17.7 Å². The van der Waals surface area contributed by atoms with Crippen LogP contribution in [0.4, 0.5) is 11.4 Å². The Morgan fingerprint density at radius 1 is 1.09 bits per heavy atom. The van der Waals surface area contributed by atoms with E-state index in [1.807, 2.05) is 31.2 Å². The number of para-hydroxylation sites is 2. The second-order valence-corrected chi connectivity index (χ2v) is 5.79. The molecule has 0 bridgehead atoms. The Kier molecular flexibility index (Phi) is 3.83. The molecule has 2 aliphatic heterocycles. The van der Waals surface area contributed by atoms with E-state index < -0.39 is 0 Å². The Balaban J connectivity index is 1.78. The van der Waals surface area contributed by atoms with E-state index in [1.165, 1.54) is 4.90 Å². The van der Waals surface area contributed by atoms with Crippen LogP contribution in [0, 0.1) is 5.92 Å². The number of rotatable bonds is 3. The Morgan fingerprint density at radius 3 is 2.50 bits per heavy atom. The highest BCUT2D eigenvalue weighted by atomic mass is 16.2. The third-order valence-corrected chi connectivity index (χ3v) is 4.19. The molecule has 0 radical (unpaired) electrons. The van der Waals surface area contributed by atoms with Crippen LogP contribution in [0.15, 0.2) is 24.3 Å². The molecule has 0 unspecified atom stereocenters. The van der Waals surface area contributed by atoms with E-state index in [2.05, 4.69) is 10.2 Å². The first kappa shape index (κ1) is 14.6. The van der Waals surface area contributed by atoms with Crippen molar-refractivity contribution in [3.63, 3.8) is 0 Å². The van der Waals surface area contributed by atoms with E-state index in [-0.39, 0.29) is 23.6 Å². The van der Waals surface area contributed by atoms with E-state index >= 15 is 0 Å². The summed E-state index contributed by atoms with van der Waals surface area (Å²) in [6.45, 7) is 3.35. The van der Waals surface area contributed by atoms with Crippen LogP contribution in [0.5, 0.6) is 0 Å². The lowest BCUT2D eigenvalue weighted by molar-refractivity contribution is -0.138. The minimum Gasteiger partial charge on any atom is -0.367 e. The van der Waals surface area contributed by atoms with Crippen molar-refractivity contribution in [3.05, 3.63) is 24.3 Å². The Hall–Kier alpha value is -2.37. The summed E-state index contributed by atoms with van der Waals surface area (Å²) in [5.41, 5.74) is 1.70. The van der Waals surface area contributed by atoms with Crippen LogP contribution in [0.25, 0.3) is 0 Å². The molecule has 2 heterocycles. The minimum atomic E-state index is -0.155. The van der Waals surface area contributed by atoms with Crippen LogP contribution in [0.3, 0.4) is 0 Å². The third-order valence-electron chi connectivity index (χ3n) is 4.19. The molecule has 116 valence electrons. The molecule has 0 spiro atoms. The van der Waals surface area contributed by atoms with Gasteiger partial charge in [-0.1, -0.05) is 19.1 Å². The Labute approximate surface area is 129 Å². The average Bonchev–Trinajstić information content (AvgIpc) is 2.76. The summed E-state index contributed by atoms with van der Waals surface area (Å²) in [5, 5.41) is 2.92. The van der Waals surface area contributed by atoms with Crippen LogP contribution in [-0.2, 0) is 14.4 Å². The SMILES string of the molecule is C[C@@H]1CN(CCN2C(=O)CCC2=O)c2ccccc2NC1=O. The summed E-state index contributed by atoms with van der Waals surface area (Å²) in [7, 11) is 0. The molecule has 22 heavy (non-hydrogen) atoms. The van der Waals surface area contributed by atoms with Crippen molar-refractivity contribution in [2.75, 3.05) is 29.9 Å². The number of amides is 3. The van der Waals surface area contributed by atoms with Gasteiger partial charge in [-0.3, -0.25) is 19.3 Å². The minimum absolute atomic E-state index is 0.0109. The molecule has 3 amide bonds. The van der Waals surface area contributed by atoms with Gasteiger partial charge in [-0.05, 0) is 12.1 Å². The summed E-state index contributed by atoms with van der Waals surface area (Å²) in [4.78, 5) is 38.8. The molecule has 6 heteroatoms. The lowest BCUT2D eigenvalue weighted by atomic mass is 10.1. The van der Waals surface area contributed by atoms with Gasteiger partial charge in [-0.15, -0.1) is 0 Å². The fourth-order valence-electron chi connectivity index (χ4n) is 2.93. The van der Waals surface area contributed by atoms with Crippen molar-refractivity contribution < 1.29 is 14.4 Å². The average molecular weight is 301 g/mol. The standard InChI is InChI=1S/C16H19N3O3/c1-11-10-18(8-9-19-14(20)6-7-15(19)21)13-5-3-2-4-12(13)17-16(11)22/h2-5,11H,6-10H2,1H3,(H,17,22)/t11-/m1/s1. The van der Waals surface area contributed by atoms with Gasteiger partial charge in [0.15, 0.2) is 0 Å². The molecule has 1 saturated heterocycles. The predicted octanol–water partition coefficient (Wildman–Crippen LogP) is 1.23. The zero-order chi connectivity index (χ0) is 15.7. The smallest absolute Gasteiger partial charge is 0.229 e. The zero-order valence-electron chi connectivity index (χ0n) is 12.5. The zero-order valence-corrected chi connectivity index (χ0v) is 12.5. The third kappa shape index (κ3) is 2.68. The van der Waals surface area contributed by atoms with Gasteiger partial charge in [-0.2, -0.15) is 0 Å². The van der Waals surface area contributed by atoms with Crippen LogP contribution >= 0.6 is 0 Å². The van der Waals surface area contributed by atoms with Gasteiger partial charge in [-0.25, -0.2) is 0 Å². The summed E-state index contributed by atoms with van der Waals surface area (Å²) < 4.78 is 0. The molecule has 1 fully saturated rings. The number of fused-ring (bicyclic) bond motifs is 1. The van der Waals surface area contributed by atoms with Crippen molar-refractivity contribution in [1.29, 1.82) is 0 Å². The number of carbonyl (C=O) groups excluding carboxylic acids is 3. The number of nitrogens with zero attached hydrogens (tertiary/aromatic N) is 2. The Morgan fingerprint density at radius 2 is 1.77 bits per heavy atom. The lowest BCUT2D eigenvalue weighted by Gasteiger charge is -2.27. The van der Waals surface area contributed by atoms with Crippen LogP contribution < -0.4 is 10.2 Å². The summed E-state index contributed by atoms with van der Waals surface area (Å²) in [5.74, 6) is -0.369. The van der Waals surface area contributed by atoms with Crippen molar-refractivity contribution in [1.82, 2.24) is 4.90 Å². The molecule has 1 aromatic rings. The summed E-state index contributed by atoms with van der Waals surface area (Å²) in [6.07, 6.45) is 0.623. The maximum atomic E-state index is 12.0. The molecule has 3 rings (SSSR count). The normalized spacial score (nSPS) is 21.7. The van der Waals surface area contributed by atoms with E-state index in [0.717, 1.165) is 11.4 Å². The van der Waals surface area contributed by atoms with E-state index in [4.69, 9.17) is 0 Å². The molecule has 1 atom stereocenters. The first-order valence-electron chi connectivity index (χ1n) is 7.54. The predicted molar refractivity (Wildman–Crippen MR) is 82.4 cm³/mol. The van der Waals surface area contributed by atoms with E-state index in [1.54, 1.807) is 0 Å². The first-order valence-corrected chi connectivity index (χ1v) is 7.54. The number of hydrogen-bond acceptors (Lipinski definition) is 4. The van der Waals surface area contributed by atoms with E-state index in [0.29, 0.717) is 32.5 Å². The lowest BCUT2D eigenvalue weighted by Crippen LogP contribution is -2.39.